The molecule has 4 heteroatoms. The molecule has 58 valence electrons. The van der Waals surface area contributed by atoms with Crippen molar-refractivity contribution in [1.82, 2.24) is 14.8 Å². The molecule has 1 N–H and O–H groups in total. The molecule has 0 spiro atoms. The molecule has 0 aliphatic heterocycles. The van der Waals surface area contributed by atoms with Gasteiger partial charge in [-0.15, -0.1) is 0 Å². The number of aryl methyl sites for hydroxylation is 1. The number of rotatable bonds is 1. The number of hydrogen-bond acceptors (Lipinski definition) is 3. The van der Waals surface area contributed by atoms with Gasteiger partial charge in [0.05, 0.1) is 5.69 Å². The minimum atomic E-state index is 0.325. The standard InChI is InChI=1S/C7H10N4/c1-3-4-11-7(8)6(2)9-5-10-11/h3-5,8H,1-2H3/b4-3-,8-7?. The molecule has 1 heterocycles. The van der Waals surface area contributed by atoms with Crippen LogP contribution in [0.25, 0.3) is 6.20 Å². The smallest absolute Gasteiger partial charge is 0.167 e. The van der Waals surface area contributed by atoms with E-state index in [0.29, 0.717) is 11.2 Å². The number of nitrogens with zero attached hydrogens (tertiary/aromatic N) is 3. The van der Waals surface area contributed by atoms with Crippen molar-refractivity contribution in [2.45, 2.75) is 13.8 Å². The van der Waals surface area contributed by atoms with Gasteiger partial charge in [0, 0.05) is 6.20 Å². The normalized spacial score (nSPS) is 10.7. The summed E-state index contributed by atoms with van der Waals surface area (Å²) in [6, 6.07) is 0. The molecular formula is C7H10N4. The predicted octanol–water partition coefficient (Wildman–Crippen LogP) is 0.557. The molecule has 0 fully saturated rings. The quantitative estimate of drug-likeness (QED) is 0.635. The van der Waals surface area contributed by atoms with Crippen LogP contribution in [0.3, 0.4) is 0 Å². The van der Waals surface area contributed by atoms with Gasteiger partial charge in [-0.1, -0.05) is 6.08 Å². The van der Waals surface area contributed by atoms with Crippen LogP contribution in [0, 0.1) is 12.3 Å². The van der Waals surface area contributed by atoms with Crippen LogP contribution in [0.5, 0.6) is 0 Å². The third-order valence-corrected chi connectivity index (χ3v) is 1.29. The molecule has 0 aliphatic carbocycles. The van der Waals surface area contributed by atoms with Crippen LogP contribution in [0.2, 0.25) is 0 Å². The molecule has 11 heavy (non-hydrogen) atoms. The summed E-state index contributed by atoms with van der Waals surface area (Å²) in [4.78, 5) is 3.87. The minimum absolute atomic E-state index is 0.325. The maximum Gasteiger partial charge on any atom is 0.167 e. The van der Waals surface area contributed by atoms with E-state index in [1.807, 2.05) is 13.0 Å². The highest BCUT2D eigenvalue weighted by molar-refractivity contribution is 5.17. The molecule has 1 rings (SSSR count). The zero-order valence-corrected chi connectivity index (χ0v) is 6.57. The molecule has 0 bridgehead atoms. The van der Waals surface area contributed by atoms with E-state index in [2.05, 4.69) is 10.1 Å². The third-order valence-electron chi connectivity index (χ3n) is 1.29. The summed E-state index contributed by atoms with van der Waals surface area (Å²) in [5.41, 5.74) is 1.00. The molecule has 0 aliphatic rings. The maximum absolute atomic E-state index is 7.49. The van der Waals surface area contributed by atoms with E-state index in [0.717, 1.165) is 0 Å². The minimum Gasteiger partial charge on any atom is -0.281 e. The molecular weight excluding hydrogens is 140 g/mol. The van der Waals surface area contributed by atoms with Crippen molar-refractivity contribution in [1.29, 1.82) is 5.41 Å². The summed E-state index contributed by atoms with van der Waals surface area (Å²) in [5, 5.41) is 11.3. The SMILES string of the molecule is C/C=C\n1ncnc(C)c1=N. The predicted molar refractivity (Wildman–Crippen MR) is 41.6 cm³/mol. The summed E-state index contributed by atoms with van der Waals surface area (Å²) in [5.74, 6) is 0. The molecule has 0 unspecified atom stereocenters. The fourth-order valence-electron chi connectivity index (χ4n) is 0.707. The van der Waals surface area contributed by atoms with Crippen molar-refractivity contribution in [3.8, 4) is 0 Å². The monoisotopic (exact) mass is 150 g/mol. The van der Waals surface area contributed by atoms with Gasteiger partial charge in [-0.05, 0) is 13.8 Å². The highest BCUT2D eigenvalue weighted by Crippen LogP contribution is 1.79. The van der Waals surface area contributed by atoms with E-state index in [-0.39, 0.29) is 0 Å². The van der Waals surface area contributed by atoms with Gasteiger partial charge in [0.25, 0.3) is 0 Å². The molecule has 0 saturated carbocycles. The van der Waals surface area contributed by atoms with Gasteiger partial charge in [0.15, 0.2) is 5.49 Å². The first-order valence-corrected chi connectivity index (χ1v) is 3.33. The van der Waals surface area contributed by atoms with Gasteiger partial charge in [0.1, 0.15) is 6.33 Å². The average molecular weight is 150 g/mol. The highest BCUT2D eigenvalue weighted by atomic mass is 15.3. The van der Waals surface area contributed by atoms with E-state index in [9.17, 15) is 0 Å². The lowest BCUT2D eigenvalue weighted by molar-refractivity contribution is 0.761. The van der Waals surface area contributed by atoms with Crippen LogP contribution in [-0.4, -0.2) is 14.8 Å². The Labute approximate surface area is 64.7 Å². The van der Waals surface area contributed by atoms with Crippen molar-refractivity contribution in [3.63, 3.8) is 0 Å². The van der Waals surface area contributed by atoms with Crippen LogP contribution in [-0.2, 0) is 0 Å². The number of hydrogen-bond donors (Lipinski definition) is 1. The lowest BCUT2D eigenvalue weighted by Gasteiger charge is -1.97. The largest absolute Gasteiger partial charge is 0.281 e. The fraction of sp³-hybridized carbons (Fsp3) is 0.286. The number of nitrogens with one attached hydrogen (secondary N) is 1. The van der Waals surface area contributed by atoms with Crippen molar-refractivity contribution in [2.24, 2.45) is 0 Å². The lowest BCUT2D eigenvalue weighted by atomic mass is 10.5. The van der Waals surface area contributed by atoms with Gasteiger partial charge in [-0.3, -0.25) is 5.41 Å². The first-order chi connectivity index (χ1) is 5.25. The summed E-state index contributed by atoms with van der Waals surface area (Å²) in [7, 11) is 0. The van der Waals surface area contributed by atoms with Crippen molar-refractivity contribution in [3.05, 3.63) is 23.6 Å². The summed E-state index contributed by atoms with van der Waals surface area (Å²) < 4.78 is 1.47. The Morgan fingerprint density at radius 1 is 1.64 bits per heavy atom. The first-order valence-electron chi connectivity index (χ1n) is 3.33. The molecule has 0 atom stereocenters. The molecule has 1 aromatic rings. The molecule has 4 nitrogen and oxygen atoms in total. The van der Waals surface area contributed by atoms with Gasteiger partial charge in [0.2, 0.25) is 0 Å². The Morgan fingerprint density at radius 2 is 2.36 bits per heavy atom. The topological polar surface area (TPSA) is 54.6 Å². The van der Waals surface area contributed by atoms with Gasteiger partial charge >= 0.3 is 0 Å². The molecule has 1 aromatic heterocycles. The zero-order valence-electron chi connectivity index (χ0n) is 6.57. The lowest BCUT2D eigenvalue weighted by Crippen LogP contribution is -2.21. The van der Waals surface area contributed by atoms with Crippen molar-refractivity contribution >= 4 is 6.20 Å². The van der Waals surface area contributed by atoms with Crippen molar-refractivity contribution in [2.75, 3.05) is 0 Å². The van der Waals surface area contributed by atoms with Gasteiger partial charge < -0.3 is 0 Å². The van der Waals surface area contributed by atoms with Crippen molar-refractivity contribution < 1.29 is 0 Å². The van der Waals surface area contributed by atoms with Crippen LogP contribution < -0.4 is 5.49 Å². The average Bonchev–Trinajstić information content (AvgIpc) is 1.99. The fourth-order valence-corrected chi connectivity index (χ4v) is 0.707. The van der Waals surface area contributed by atoms with E-state index < -0.39 is 0 Å². The number of allylic oxidation sites excluding steroid dienone is 1. The third kappa shape index (κ3) is 1.52. The molecule has 0 amide bonds. The van der Waals surface area contributed by atoms with Crippen LogP contribution >= 0.6 is 0 Å². The zero-order chi connectivity index (χ0) is 8.27. The van der Waals surface area contributed by atoms with E-state index in [1.165, 1.54) is 11.0 Å². The van der Waals surface area contributed by atoms with E-state index >= 15 is 0 Å². The Bertz CT molecular complexity index is 323. The second kappa shape index (κ2) is 3.09. The van der Waals surface area contributed by atoms with Crippen LogP contribution in [0.15, 0.2) is 12.4 Å². The molecule has 0 aromatic carbocycles. The Morgan fingerprint density at radius 3 is 3.00 bits per heavy atom. The first kappa shape index (κ1) is 7.65. The summed E-state index contributed by atoms with van der Waals surface area (Å²) in [6.45, 7) is 3.66. The Hall–Kier alpha value is -1.45. The second-order valence-electron chi connectivity index (χ2n) is 2.12. The van der Waals surface area contributed by atoms with Crippen LogP contribution in [0.1, 0.15) is 12.6 Å². The Balaban J connectivity index is 3.28. The molecule has 0 radical (unpaired) electrons. The van der Waals surface area contributed by atoms with E-state index in [4.69, 9.17) is 5.41 Å². The Kier molecular flexibility index (Phi) is 2.15. The summed E-state index contributed by atoms with van der Waals surface area (Å²) >= 11 is 0. The second-order valence-corrected chi connectivity index (χ2v) is 2.12. The molecule has 0 saturated heterocycles. The van der Waals surface area contributed by atoms with Gasteiger partial charge in [-0.2, -0.15) is 5.10 Å². The maximum atomic E-state index is 7.49. The number of aromatic nitrogens is 3. The highest BCUT2D eigenvalue weighted by Gasteiger charge is 1.91. The van der Waals surface area contributed by atoms with Crippen LogP contribution in [0.4, 0.5) is 0 Å². The van der Waals surface area contributed by atoms with Gasteiger partial charge in [-0.25, -0.2) is 9.67 Å². The van der Waals surface area contributed by atoms with E-state index in [1.54, 1.807) is 13.1 Å². The summed E-state index contributed by atoms with van der Waals surface area (Å²) in [6.07, 6.45) is 4.98.